The molecule has 0 aliphatic rings. The predicted molar refractivity (Wildman–Crippen MR) is 114 cm³/mol. The van der Waals surface area contributed by atoms with E-state index in [1.54, 1.807) is 25.3 Å². The highest BCUT2D eigenvalue weighted by atomic mass is 32.2. The fraction of sp³-hybridized carbons (Fsp3) is 0.286. The molecule has 158 valence electrons. The molecule has 0 aliphatic carbocycles. The maximum Gasteiger partial charge on any atom is 0.277 e. The van der Waals surface area contributed by atoms with E-state index >= 15 is 0 Å². The Hall–Kier alpha value is -3.20. The zero-order chi connectivity index (χ0) is 21.3. The standard InChI is InChI=1S/C21H23N3O5S/c1-4-27-16-10-11-18(28-5-2)17(12-16)22-19(25)13-30-21-24-23-20(29-21)14-6-8-15(26-3)9-7-14/h6-12H,4-5,13H2,1-3H3,(H,22,25). The predicted octanol–water partition coefficient (Wildman–Crippen LogP) is 4.27. The molecule has 0 fully saturated rings. The van der Waals surface area contributed by atoms with Crippen LogP contribution in [0.25, 0.3) is 11.5 Å². The van der Waals surface area contributed by atoms with Gasteiger partial charge in [-0.2, -0.15) is 0 Å². The van der Waals surface area contributed by atoms with E-state index in [9.17, 15) is 4.79 Å². The zero-order valence-electron chi connectivity index (χ0n) is 17.0. The van der Waals surface area contributed by atoms with E-state index in [4.69, 9.17) is 18.6 Å². The molecule has 30 heavy (non-hydrogen) atoms. The number of carbonyl (C=O) groups is 1. The van der Waals surface area contributed by atoms with Gasteiger partial charge in [-0.25, -0.2) is 0 Å². The monoisotopic (exact) mass is 429 g/mol. The van der Waals surface area contributed by atoms with E-state index in [1.165, 1.54) is 0 Å². The Morgan fingerprint density at radius 2 is 1.77 bits per heavy atom. The number of aromatic nitrogens is 2. The van der Waals surface area contributed by atoms with Crippen molar-refractivity contribution >= 4 is 23.4 Å². The van der Waals surface area contributed by atoms with Crippen LogP contribution in [0.3, 0.4) is 0 Å². The van der Waals surface area contributed by atoms with Crippen LogP contribution in [0, 0.1) is 0 Å². The van der Waals surface area contributed by atoms with Gasteiger partial charge in [0.2, 0.25) is 11.8 Å². The number of methoxy groups -OCH3 is 1. The van der Waals surface area contributed by atoms with Gasteiger partial charge < -0.3 is 23.9 Å². The van der Waals surface area contributed by atoms with Crippen LogP contribution in [0.4, 0.5) is 5.69 Å². The number of rotatable bonds is 10. The first-order valence-electron chi connectivity index (χ1n) is 9.43. The number of ether oxygens (including phenoxy) is 3. The third-order valence-electron chi connectivity index (χ3n) is 3.91. The number of carbonyl (C=O) groups excluding carboxylic acids is 1. The molecule has 0 radical (unpaired) electrons. The molecule has 1 heterocycles. The summed E-state index contributed by atoms with van der Waals surface area (Å²) in [5.74, 6) is 2.24. The summed E-state index contributed by atoms with van der Waals surface area (Å²) < 4.78 is 21.8. The highest BCUT2D eigenvalue weighted by molar-refractivity contribution is 7.99. The normalized spacial score (nSPS) is 10.5. The van der Waals surface area contributed by atoms with Gasteiger partial charge in [0.25, 0.3) is 5.22 Å². The largest absolute Gasteiger partial charge is 0.497 e. The van der Waals surface area contributed by atoms with Crippen molar-refractivity contribution in [1.29, 1.82) is 0 Å². The summed E-state index contributed by atoms with van der Waals surface area (Å²) >= 11 is 1.16. The molecule has 0 saturated heterocycles. The van der Waals surface area contributed by atoms with Crippen LogP contribution in [0.5, 0.6) is 17.2 Å². The van der Waals surface area contributed by atoms with Crippen molar-refractivity contribution in [3.05, 3.63) is 42.5 Å². The lowest BCUT2D eigenvalue weighted by Crippen LogP contribution is -2.15. The summed E-state index contributed by atoms with van der Waals surface area (Å²) in [4.78, 5) is 12.4. The molecule has 8 nitrogen and oxygen atoms in total. The Balaban J connectivity index is 1.61. The Morgan fingerprint density at radius 3 is 2.47 bits per heavy atom. The SMILES string of the molecule is CCOc1ccc(OCC)c(NC(=O)CSc2nnc(-c3ccc(OC)cc3)o2)c1. The van der Waals surface area contributed by atoms with Crippen LogP contribution in [-0.2, 0) is 4.79 Å². The van der Waals surface area contributed by atoms with E-state index in [0.717, 1.165) is 23.1 Å². The highest BCUT2D eigenvalue weighted by Gasteiger charge is 2.14. The van der Waals surface area contributed by atoms with Crippen LogP contribution in [-0.4, -0.2) is 42.2 Å². The molecule has 1 aromatic heterocycles. The Labute approximate surface area is 178 Å². The van der Waals surface area contributed by atoms with Gasteiger partial charge in [-0.1, -0.05) is 11.8 Å². The van der Waals surface area contributed by atoms with Crippen LogP contribution >= 0.6 is 11.8 Å². The molecule has 3 aromatic rings. The van der Waals surface area contributed by atoms with Gasteiger partial charge in [-0.3, -0.25) is 4.79 Å². The van der Waals surface area contributed by atoms with E-state index in [-0.39, 0.29) is 11.7 Å². The average molecular weight is 429 g/mol. The molecular formula is C21H23N3O5S. The summed E-state index contributed by atoms with van der Waals surface area (Å²) in [5.41, 5.74) is 1.33. The van der Waals surface area contributed by atoms with Gasteiger partial charge in [0.1, 0.15) is 17.2 Å². The van der Waals surface area contributed by atoms with E-state index < -0.39 is 0 Å². The fourth-order valence-electron chi connectivity index (χ4n) is 2.58. The molecule has 0 unspecified atom stereocenters. The van der Waals surface area contributed by atoms with Crippen LogP contribution < -0.4 is 19.5 Å². The van der Waals surface area contributed by atoms with Crippen LogP contribution in [0.1, 0.15) is 13.8 Å². The van der Waals surface area contributed by atoms with Crippen LogP contribution in [0.15, 0.2) is 52.1 Å². The Kier molecular flexibility index (Phi) is 7.56. The van der Waals surface area contributed by atoms with Crippen molar-refractivity contribution < 1.29 is 23.4 Å². The maximum atomic E-state index is 12.4. The van der Waals surface area contributed by atoms with E-state index in [1.807, 2.05) is 38.1 Å². The average Bonchev–Trinajstić information content (AvgIpc) is 3.24. The number of benzene rings is 2. The summed E-state index contributed by atoms with van der Waals surface area (Å²) in [7, 11) is 1.60. The lowest BCUT2D eigenvalue weighted by Gasteiger charge is -2.13. The van der Waals surface area contributed by atoms with Gasteiger partial charge in [0.15, 0.2) is 0 Å². The molecule has 0 spiro atoms. The number of hydrogen-bond donors (Lipinski definition) is 1. The minimum atomic E-state index is -0.223. The summed E-state index contributed by atoms with van der Waals surface area (Å²) in [6, 6.07) is 12.6. The second-order valence-electron chi connectivity index (χ2n) is 5.96. The van der Waals surface area contributed by atoms with Crippen molar-refractivity contribution in [1.82, 2.24) is 10.2 Å². The first-order chi connectivity index (χ1) is 14.6. The van der Waals surface area contributed by atoms with Gasteiger partial charge in [0.05, 0.1) is 31.8 Å². The quantitative estimate of drug-likeness (QED) is 0.477. The van der Waals surface area contributed by atoms with E-state index in [0.29, 0.717) is 41.5 Å². The lowest BCUT2D eigenvalue weighted by atomic mass is 10.2. The smallest absolute Gasteiger partial charge is 0.277 e. The van der Waals surface area contributed by atoms with Crippen molar-refractivity contribution in [3.63, 3.8) is 0 Å². The summed E-state index contributed by atoms with van der Waals surface area (Å²) in [6.07, 6.45) is 0. The molecule has 0 atom stereocenters. The molecule has 3 rings (SSSR count). The highest BCUT2D eigenvalue weighted by Crippen LogP contribution is 2.30. The molecule has 0 aliphatic heterocycles. The second kappa shape index (κ2) is 10.5. The van der Waals surface area contributed by atoms with Crippen LogP contribution in [0.2, 0.25) is 0 Å². The fourth-order valence-corrected chi connectivity index (χ4v) is 3.14. The number of nitrogens with one attached hydrogen (secondary N) is 1. The summed E-state index contributed by atoms with van der Waals surface area (Å²) in [6.45, 7) is 4.80. The maximum absolute atomic E-state index is 12.4. The number of amides is 1. The van der Waals surface area contributed by atoms with Crippen molar-refractivity contribution in [2.75, 3.05) is 31.4 Å². The minimum absolute atomic E-state index is 0.106. The number of hydrogen-bond acceptors (Lipinski definition) is 8. The van der Waals surface area contributed by atoms with Gasteiger partial charge in [0, 0.05) is 11.6 Å². The number of nitrogens with zero attached hydrogens (tertiary/aromatic N) is 2. The first-order valence-corrected chi connectivity index (χ1v) is 10.4. The van der Waals surface area contributed by atoms with Gasteiger partial charge >= 0.3 is 0 Å². The van der Waals surface area contributed by atoms with Crippen molar-refractivity contribution in [2.45, 2.75) is 19.1 Å². The molecule has 0 bridgehead atoms. The second-order valence-corrected chi connectivity index (χ2v) is 6.89. The molecule has 1 N–H and O–H groups in total. The Bertz CT molecular complexity index is 975. The molecular weight excluding hydrogens is 406 g/mol. The van der Waals surface area contributed by atoms with Crippen molar-refractivity contribution in [3.8, 4) is 28.7 Å². The van der Waals surface area contributed by atoms with Gasteiger partial charge in [-0.15, -0.1) is 10.2 Å². The Morgan fingerprint density at radius 1 is 1.03 bits per heavy atom. The van der Waals surface area contributed by atoms with Crippen molar-refractivity contribution in [2.24, 2.45) is 0 Å². The van der Waals surface area contributed by atoms with Gasteiger partial charge in [-0.05, 0) is 50.2 Å². The number of thioether (sulfide) groups is 1. The molecule has 9 heteroatoms. The number of anilines is 1. The summed E-state index contributed by atoms with van der Waals surface area (Å²) in [5, 5.41) is 11.2. The third kappa shape index (κ3) is 5.66. The molecule has 2 aromatic carbocycles. The zero-order valence-corrected chi connectivity index (χ0v) is 17.8. The molecule has 1 amide bonds. The third-order valence-corrected chi connectivity index (χ3v) is 4.72. The lowest BCUT2D eigenvalue weighted by molar-refractivity contribution is -0.113. The molecule has 0 saturated carbocycles. The first kappa shape index (κ1) is 21.5. The van der Waals surface area contributed by atoms with E-state index in [2.05, 4.69) is 15.5 Å². The minimum Gasteiger partial charge on any atom is -0.497 e. The topological polar surface area (TPSA) is 95.7 Å².